The second kappa shape index (κ2) is 7.90. The Balaban J connectivity index is 2.01. The van der Waals surface area contributed by atoms with Gasteiger partial charge in [-0.3, -0.25) is 4.79 Å². The van der Waals surface area contributed by atoms with Crippen LogP contribution in [0.15, 0.2) is 24.3 Å². The number of tetrazole rings is 1. The van der Waals surface area contributed by atoms with E-state index >= 15 is 0 Å². The molecule has 118 valence electrons. The van der Waals surface area contributed by atoms with Crippen molar-refractivity contribution in [1.82, 2.24) is 25.5 Å². The van der Waals surface area contributed by atoms with Crippen molar-refractivity contribution in [3.8, 4) is 11.4 Å². The molecule has 1 amide bonds. The first kappa shape index (κ1) is 16.4. The van der Waals surface area contributed by atoms with Crippen molar-refractivity contribution < 1.29 is 9.90 Å². The topological polar surface area (TPSA) is 95.0 Å². The standard InChI is InChI=1S/C14H19N5O2S/c1-19(14(21)12(20)6-7-22-2)9-10-4-3-5-11(8-10)13-15-17-18-16-13/h3-5,8,12,20H,6-7,9H2,1-2H3,(H,15,16,17,18)/t12-/m1/s1. The molecule has 2 aromatic rings. The largest absolute Gasteiger partial charge is 0.383 e. The maximum atomic E-state index is 12.1. The average Bonchev–Trinajstić information content (AvgIpc) is 3.06. The van der Waals surface area contributed by atoms with Crippen LogP contribution in [-0.2, 0) is 11.3 Å². The fraction of sp³-hybridized carbons (Fsp3) is 0.429. The van der Waals surface area contributed by atoms with Crippen LogP contribution in [-0.4, -0.2) is 61.7 Å². The molecule has 0 aliphatic carbocycles. The third-order valence-electron chi connectivity index (χ3n) is 3.21. The van der Waals surface area contributed by atoms with Crippen LogP contribution >= 0.6 is 11.8 Å². The molecule has 8 heteroatoms. The highest BCUT2D eigenvalue weighted by Crippen LogP contribution is 2.16. The van der Waals surface area contributed by atoms with E-state index in [1.165, 1.54) is 4.90 Å². The van der Waals surface area contributed by atoms with Gasteiger partial charge in [-0.15, -0.1) is 10.2 Å². The predicted octanol–water partition coefficient (Wildman–Crippen LogP) is 0.939. The third-order valence-corrected chi connectivity index (χ3v) is 3.85. The van der Waals surface area contributed by atoms with Crippen molar-refractivity contribution in [1.29, 1.82) is 0 Å². The van der Waals surface area contributed by atoms with Crippen molar-refractivity contribution in [2.24, 2.45) is 0 Å². The number of likely N-dealkylation sites (N-methyl/N-ethyl adjacent to an activating group) is 1. The summed E-state index contributed by atoms with van der Waals surface area (Å²) in [5, 5.41) is 23.7. The fourth-order valence-corrected chi connectivity index (χ4v) is 2.51. The van der Waals surface area contributed by atoms with Crippen LogP contribution in [0.1, 0.15) is 12.0 Å². The number of nitrogens with one attached hydrogen (secondary N) is 1. The van der Waals surface area contributed by atoms with Crippen LogP contribution < -0.4 is 0 Å². The van der Waals surface area contributed by atoms with Crippen molar-refractivity contribution in [3.05, 3.63) is 29.8 Å². The van der Waals surface area contributed by atoms with Gasteiger partial charge in [0.1, 0.15) is 6.10 Å². The highest BCUT2D eigenvalue weighted by atomic mass is 32.2. The summed E-state index contributed by atoms with van der Waals surface area (Å²) in [4.78, 5) is 13.6. The van der Waals surface area contributed by atoms with Crippen LogP contribution in [0.3, 0.4) is 0 Å². The van der Waals surface area contributed by atoms with Gasteiger partial charge in [0.05, 0.1) is 0 Å². The zero-order valence-corrected chi connectivity index (χ0v) is 13.4. The Labute approximate surface area is 133 Å². The van der Waals surface area contributed by atoms with Gasteiger partial charge >= 0.3 is 0 Å². The van der Waals surface area contributed by atoms with E-state index in [0.29, 0.717) is 18.8 Å². The fourth-order valence-electron chi connectivity index (χ4n) is 2.05. The van der Waals surface area contributed by atoms with Crippen LogP contribution in [0.5, 0.6) is 0 Å². The Kier molecular flexibility index (Phi) is 5.91. The minimum absolute atomic E-state index is 0.265. The summed E-state index contributed by atoms with van der Waals surface area (Å²) in [5.74, 6) is 1.00. The van der Waals surface area contributed by atoms with E-state index in [1.807, 2.05) is 30.5 Å². The first-order chi connectivity index (χ1) is 10.6. The summed E-state index contributed by atoms with van der Waals surface area (Å²) in [6.45, 7) is 0.418. The molecule has 0 aliphatic rings. The molecule has 0 saturated carbocycles. The number of aliphatic hydroxyl groups excluding tert-OH is 1. The summed E-state index contributed by atoms with van der Waals surface area (Å²) in [6, 6.07) is 7.58. The van der Waals surface area contributed by atoms with Gasteiger partial charge in [0.15, 0.2) is 0 Å². The zero-order valence-electron chi connectivity index (χ0n) is 12.6. The number of hydrogen-bond donors (Lipinski definition) is 2. The van der Waals surface area contributed by atoms with Gasteiger partial charge < -0.3 is 10.0 Å². The Bertz CT molecular complexity index is 605. The monoisotopic (exact) mass is 321 g/mol. The molecule has 0 unspecified atom stereocenters. The lowest BCUT2D eigenvalue weighted by Gasteiger charge is -2.20. The molecule has 0 bridgehead atoms. The van der Waals surface area contributed by atoms with Crippen molar-refractivity contribution in [2.45, 2.75) is 19.1 Å². The molecule has 2 rings (SSSR count). The van der Waals surface area contributed by atoms with Gasteiger partial charge in [-0.05, 0) is 35.3 Å². The molecule has 0 aliphatic heterocycles. The van der Waals surface area contributed by atoms with Crippen molar-refractivity contribution in [2.75, 3.05) is 19.1 Å². The van der Waals surface area contributed by atoms with Crippen molar-refractivity contribution >= 4 is 17.7 Å². The quantitative estimate of drug-likeness (QED) is 0.788. The highest BCUT2D eigenvalue weighted by molar-refractivity contribution is 7.98. The number of benzene rings is 1. The Morgan fingerprint density at radius 2 is 2.32 bits per heavy atom. The van der Waals surface area contributed by atoms with E-state index in [9.17, 15) is 9.90 Å². The Hall–Kier alpha value is -1.93. The van der Waals surface area contributed by atoms with Gasteiger partial charge in [0.2, 0.25) is 5.82 Å². The number of aromatic amines is 1. The Morgan fingerprint density at radius 1 is 1.50 bits per heavy atom. The smallest absolute Gasteiger partial charge is 0.251 e. The summed E-state index contributed by atoms with van der Waals surface area (Å²) < 4.78 is 0. The minimum Gasteiger partial charge on any atom is -0.383 e. The van der Waals surface area contributed by atoms with E-state index in [4.69, 9.17) is 0 Å². The summed E-state index contributed by atoms with van der Waals surface area (Å²) in [7, 11) is 1.69. The van der Waals surface area contributed by atoms with Gasteiger partial charge in [0, 0.05) is 19.2 Å². The van der Waals surface area contributed by atoms with Gasteiger partial charge in [-0.1, -0.05) is 18.2 Å². The maximum Gasteiger partial charge on any atom is 0.251 e. The summed E-state index contributed by atoms with van der Waals surface area (Å²) in [6.07, 6.45) is 1.47. The normalized spacial score (nSPS) is 12.1. The van der Waals surface area contributed by atoms with E-state index in [1.54, 1.807) is 18.8 Å². The number of aliphatic hydroxyl groups is 1. The summed E-state index contributed by atoms with van der Waals surface area (Å²) in [5.41, 5.74) is 1.77. The van der Waals surface area contributed by atoms with Gasteiger partial charge in [-0.25, -0.2) is 0 Å². The number of H-pyrrole nitrogens is 1. The van der Waals surface area contributed by atoms with Crippen LogP contribution in [0.4, 0.5) is 0 Å². The van der Waals surface area contributed by atoms with Crippen LogP contribution in [0.25, 0.3) is 11.4 Å². The number of carbonyl (C=O) groups is 1. The SMILES string of the molecule is CSCC[C@@H](O)C(=O)N(C)Cc1cccc(-c2nn[nH]n2)c1. The average molecular weight is 321 g/mol. The number of carbonyl (C=O) groups excluding carboxylic acids is 1. The molecule has 0 fully saturated rings. The second-order valence-corrected chi connectivity index (χ2v) is 5.91. The lowest BCUT2D eigenvalue weighted by molar-refractivity contribution is -0.139. The van der Waals surface area contributed by atoms with E-state index < -0.39 is 6.10 Å². The maximum absolute atomic E-state index is 12.1. The molecule has 7 nitrogen and oxygen atoms in total. The van der Waals surface area contributed by atoms with E-state index in [2.05, 4.69) is 20.6 Å². The first-order valence-corrected chi connectivity index (χ1v) is 8.26. The third kappa shape index (κ3) is 4.28. The minimum atomic E-state index is -0.946. The number of nitrogens with zero attached hydrogens (tertiary/aromatic N) is 4. The lowest BCUT2D eigenvalue weighted by Crippen LogP contribution is -2.36. The van der Waals surface area contributed by atoms with Gasteiger partial charge in [-0.2, -0.15) is 17.0 Å². The first-order valence-electron chi connectivity index (χ1n) is 6.86. The second-order valence-electron chi connectivity index (χ2n) is 4.93. The molecular formula is C14H19N5O2S. The van der Waals surface area contributed by atoms with Crippen molar-refractivity contribution in [3.63, 3.8) is 0 Å². The predicted molar refractivity (Wildman–Crippen MR) is 85.1 cm³/mol. The number of thioether (sulfide) groups is 1. The molecule has 0 saturated heterocycles. The number of amides is 1. The molecular weight excluding hydrogens is 302 g/mol. The molecule has 1 heterocycles. The molecule has 22 heavy (non-hydrogen) atoms. The Morgan fingerprint density at radius 3 is 3.00 bits per heavy atom. The molecule has 0 radical (unpaired) electrons. The number of hydrogen-bond acceptors (Lipinski definition) is 6. The molecule has 0 spiro atoms. The molecule has 1 atom stereocenters. The zero-order chi connectivity index (χ0) is 15.9. The number of aromatic nitrogens is 4. The summed E-state index contributed by atoms with van der Waals surface area (Å²) >= 11 is 1.61. The van der Waals surface area contributed by atoms with Crippen LogP contribution in [0.2, 0.25) is 0 Å². The van der Waals surface area contributed by atoms with Crippen LogP contribution in [0, 0.1) is 0 Å². The molecule has 2 N–H and O–H groups in total. The number of rotatable bonds is 7. The lowest BCUT2D eigenvalue weighted by atomic mass is 10.1. The van der Waals surface area contributed by atoms with E-state index in [0.717, 1.165) is 16.9 Å². The molecule has 1 aromatic carbocycles. The van der Waals surface area contributed by atoms with Gasteiger partial charge in [0.25, 0.3) is 5.91 Å². The molecule has 1 aromatic heterocycles. The highest BCUT2D eigenvalue weighted by Gasteiger charge is 2.19. The van der Waals surface area contributed by atoms with E-state index in [-0.39, 0.29) is 5.91 Å².